The summed E-state index contributed by atoms with van der Waals surface area (Å²) in [6, 6.07) is 7.72. The van der Waals surface area contributed by atoms with E-state index in [4.69, 9.17) is 0 Å². The van der Waals surface area contributed by atoms with Crippen LogP contribution in [0.4, 0.5) is 0 Å². The lowest BCUT2D eigenvalue weighted by Gasteiger charge is -2.32. The van der Waals surface area contributed by atoms with E-state index in [9.17, 15) is 13.2 Å². The molecule has 0 amide bonds. The minimum absolute atomic E-state index is 0.101. The highest BCUT2D eigenvalue weighted by Crippen LogP contribution is 2.27. The molecule has 0 saturated carbocycles. The summed E-state index contributed by atoms with van der Waals surface area (Å²) in [6.07, 6.45) is 2.88. The Labute approximate surface area is 136 Å². The van der Waals surface area contributed by atoms with Crippen molar-refractivity contribution < 1.29 is 13.2 Å². The summed E-state index contributed by atoms with van der Waals surface area (Å²) in [7, 11) is -0.336. The minimum atomic E-state index is -3.39. The van der Waals surface area contributed by atoms with Crippen LogP contribution in [0.3, 0.4) is 0 Å². The molecule has 1 saturated heterocycles. The first-order valence-electron chi connectivity index (χ1n) is 7.69. The van der Waals surface area contributed by atoms with Gasteiger partial charge in [0.1, 0.15) is 0 Å². The Bertz CT molecular complexity index is 818. The lowest BCUT2D eigenvalue weighted by molar-refractivity contribution is 0.0875. The van der Waals surface area contributed by atoms with E-state index in [1.165, 1.54) is 22.7 Å². The van der Waals surface area contributed by atoms with Crippen LogP contribution >= 0.6 is 0 Å². The molecule has 2 aromatic rings. The van der Waals surface area contributed by atoms with E-state index in [2.05, 4.69) is 4.98 Å². The number of nitrogens with zero attached hydrogens (tertiary/aromatic N) is 2. The third-order valence-corrected chi connectivity index (χ3v) is 6.41. The molecule has 1 aromatic heterocycles. The lowest BCUT2D eigenvalue weighted by Crippen LogP contribution is -2.45. The molecule has 1 aliphatic rings. The fourth-order valence-corrected chi connectivity index (χ4v) is 4.21. The molecule has 0 aliphatic carbocycles. The van der Waals surface area contributed by atoms with Crippen LogP contribution in [-0.2, 0) is 10.2 Å². The Hall–Kier alpha value is -1.70. The fraction of sp³-hybridized carbons (Fsp3) is 0.438. The number of aromatic nitrogens is 1. The molecule has 7 heteroatoms. The molecule has 1 fully saturated rings. The number of piperidine rings is 1. The number of para-hydroxylation sites is 1. The maximum absolute atomic E-state index is 12.8. The second-order valence-corrected chi connectivity index (χ2v) is 8.22. The molecule has 124 valence electrons. The molecule has 0 spiro atoms. The molecule has 1 N–H and O–H groups in total. The Kier molecular flexibility index (Phi) is 4.27. The summed E-state index contributed by atoms with van der Waals surface area (Å²) in [5.74, 6) is -0.0211. The van der Waals surface area contributed by atoms with Gasteiger partial charge in [-0.3, -0.25) is 4.79 Å². The second-order valence-electron chi connectivity index (χ2n) is 6.08. The van der Waals surface area contributed by atoms with Gasteiger partial charge in [-0.15, -0.1) is 0 Å². The van der Waals surface area contributed by atoms with Gasteiger partial charge in [0, 0.05) is 55.8 Å². The zero-order valence-electron chi connectivity index (χ0n) is 13.3. The van der Waals surface area contributed by atoms with Crippen LogP contribution < -0.4 is 0 Å². The van der Waals surface area contributed by atoms with E-state index in [-0.39, 0.29) is 11.7 Å². The highest BCUT2D eigenvalue weighted by molar-refractivity contribution is 7.86. The van der Waals surface area contributed by atoms with Crippen molar-refractivity contribution in [2.24, 2.45) is 5.92 Å². The van der Waals surface area contributed by atoms with Crippen LogP contribution in [0.15, 0.2) is 30.5 Å². The van der Waals surface area contributed by atoms with E-state index in [1.807, 2.05) is 24.3 Å². The van der Waals surface area contributed by atoms with Gasteiger partial charge in [0.05, 0.1) is 0 Å². The molecule has 23 heavy (non-hydrogen) atoms. The summed E-state index contributed by atoms with van der Waals surface area (Å²) in [5, 5.41) is 0.931. The van der Waals surface area contributed by atoms with E-state index in [0.717, 1.165) is 10.9 Å². The first-order valence-corrected chi connectivity index (χ1v) is 9.09. The predicted molar refractivity (Wildman–Crippen MR) is 89.5 cm³/mol. The average molecular weight is 335 g/mol. The van der Waals surface area contributed by atoms with E-state index in [1.54, 1.807) is 6.20 Å². The number of benzene rings is 1. The van der Waals surface area contributed by atoms with Crippen LogP contribution in [0.2, 0.25) is 0 Å². The standard InChI is InChI=1S/C16H21N3O3S/c1-18(2)23(21,22)19-9-7-12(8-10-19)16(20)14-11-17-15-6-4-3-5-13(14)15/h3-6,11-12,17H,7-10H2,1-2H3. The van der Waals surface area contributed by atoms with Gasteiger partial charge in [0.2, 0.25) is 0 Å². The summed E-state index contributed by atoms with van der Waals surface area (Å²) in [5.41, 5.74) is 1.65. The topological polar surface area (TPSA) is 73.5 Å². The predicted octanol–water partition coefficient (Wildman–Crippen LogP) is 1.87. The number of carbonyl (C=O) groups is 1. The van der Waals surface area contributed by atoms with Crippen molar-refractivity contribution in [3.63, 3.8) is 0 Å². The number of hydrogen-bond donors (Lipinski definition) is 1. The molecule has 6 nitrogen and oxygen atoms in total. The van der Waals surface area contributed by atoms with Crippen LogP contribution in [0, 0.1) is 5.92 Å². The number of nitrogens with one attached hydrogen (secondary N) is 1. The largest absolute Gasteiger partial charge is 0.360 e. The molecule has 2 heterocycles. The molecule has 0 bridgehead atoms. The van der Waals surface area contributed by atoms with Crippen molar-refractivity contribution >= 4 is 26.9 Å². The Morgan fingerprint density at radius 1 is 1.22 bits per heavy atom. The molecule has 0 atom stereocenters. The smallest absolute Gasteiger partial charge is 0.281 e. The Balaban J connectivity index is 1.74. The average Bonchev–Trinajstić information content (AvgIpc) is 2.98. The Morgan fingerprint density at radius 2 is 1.87 bits per heavy atom. The van der Waals surface area contributed by atoms with E-state index < -0.39 is 10.2 Å². The molecular weight excluding hydrogens is 314 g/mol. The van der Waals surface area contributed by atoms with Gasteiger partial charge in [0.25, 0.3) is 10.2 Å². The molecule has 0 radical (unpaired) electrons. The van der Waals surface area contributed by atoms with Crippen LogP contribution in [0.25, 0.3) is 10.9 Å². The van der Waals surface area contributed by atoms with Crippen LogP contribution in [0.5, 0.6) is 0 Å². The number of rotatable bonds is 4. The summed E-state index contributed by atoms with van der Waals surface area (Å²) < 4.78 is 26.9. The summed E-state index contributed by atoms with van der Waals surface area (Å²) in [6.45, 7) is 0.776. The van der Waals surface area contributed by atoms with Gasteiger partial charge >= 0.3 is 0 Å². The van der Waals surface area contributed by atoms with E-state index >= 15 is 0 Å². The van der Waals surface area contributed by atoms with Gasteiger partial charge in [0.15, 0.2) is 5.78 Å². The van der Waals surface area contributed by atoms with Gasteiger partial charge < -0.3 is 4.98 Å². The van der Waals surface area contributed by atoms with Crippen molar-refractivity contribution in [2.45, 2.75) is 12.8 Å². The zero-order valence-corrected chi connectivity index (χ0v) is 14.1. The summed E-state index contributed by atoms with van der Waals surface area (Å²) in [4.78, 5) is 15.9. The van der Waals surface area contributed by atoms with Crippen molar-refractivity contribution in [1.29, 1.82) is 0 Å². The Morgan fingerprint density at radius 3 is 2.52 bits per heavy atom. The van der Waals surface area contributed by atoms with Gasteiger partial charge in [-0.25, -0.2) is 0 Å². The van der Waals surface area contributed by atoms with Gasteiger partial charge in [-0.1, -0.05) is 18.2 Å². The number of H-pyrrole nitrogens is 1. The van der Waals surface area contributed by atoms with Gasteiger partial charge in [-0.05, 0) is 18.9 Å². The van der Waals surface area contributed by atoms with Crippen molar-refractivity contribution in [2.75, 3.05) is 27.2 Å². The SMILES string of the molecule is CN(C)S(=O)(=O)N1CCC(C(=O)c2c[nH]c3ccccc23)CC1. The molecule has 1 aromatic carbocycles. The first kappa shape index (κ1) is 16.2. The highest BCUT2D eigenvalue weighted by Gasteiger charge is 2.33. The van der Waals surface area contributed by atoms with Crippen molar-refractivity contribution in [1.82, 2.24) is 13.6 Å². The highest BCUT2D eigenvalue weighted by atomic mass is 32.2. The number of hydrogen-bond acceptors (Lipinski definition) is 3. The molecule has 0 unspecified atom stereocenters. The number of aromatic amines is 1. The third kappa shape index (κ3) is 2.91. The maximum atomic E-state index is 12.8. The molecule has 3 rings (SSSR count). The minimum Gasteiger partial charge on any atom is -0.360 e. The van der Waals surface area contributed by atoms with E-state index in [0.29, 0.717) is 31.5 Å². The number of ketones is 1. The number of fused-ring (bicyclic) bond motifs is 1. The normalized spacial score (nSPS) is 17.9. The molecular formula is C16H21N3O3S. The first-order chi connectivity index (χ1) is 10.9. The second kappa shape index (κ2) is 6.07. The van der Waals surface area contributed by atoms with Crippen molar-refractivity contribution in [3.8, 4) is 0 Å². The van der Waals surface area contributed by atoms with Crippen LogP contribution in [-0.4, -0.2) is 55.0 Å². The van der Waals surface area contributed by atoms with Crippen molar-refractivity contribution in [3.05, 3.63) is 36.0 Å². The third-order valence-electron chi connectivity index (χ3n) is 4.47. The zero-order chi connectivity index (χ0) is 16.6. The summed E-state index contributed by atoms with van der Waals surface area (Å²) >= 11 is 0. The lowest BCUT2D eigenvalue weighted by atomic mass is 9.89. The number of carbonyl (C=O) groups excluding carboxylic acids is 1. The maximum Gasteiger partial charge on any atom is 0.281 e. The number of Topliss-reactive ketones (excluding diaryl/α,β-unsaturated/α-hetero) is 1. The van der Waals surface area contributed by atoms with Crippen LogP contribution in [0.1, 0.15) is 23.2 Å². The van der Waals surface area contributed by atoms with Gasteiger partial charge in [-0.2, -0.15) is 17.0 Å². The quantitative estimate of drug-likeness (QED) is 0.867. The monoisotopic (exact) mass is 335 g/mol. The fourth-order valence-electron chi connectivity index (χ4n) is 3.07. The molecule has 1 aliphatic heterocycles.